The van der Waals surface area contributed by atoms with Gasteiger partial charge in [-0.3, -0.25) is 14.4 Å². The number of aliphatic hydroxyl groups is 1. The summed E-state index contributed by atoms with van der Waals surface area (Å²) < 4.78 is 23.0. The second-order valence-electron chi connectivity index (χ2n) is 7.50. The number of esters is 2. The van der Waals surface area contributed by atoms with Gasteiger partial charge in [-0.25, -0.2) is 4.68 Å². The molecule has 0 saturated carbocycles. The topological polar surface area (TPSA) is 151 Å². The molecule has 0 radical (unpaired) electrons. The number of ether oxygens (including phenoxy) is 4. The van der Waals surface area contributed by atoms with Gasteiger partial charge in [0.25, 0.3) is 0 Å². The van der Waals surface area contributed by atoms with Crippen LogP contribution in [-0.2, 0) is 35.1 Å². The summed E-state index contributed by atoms with van der Waals surface area (Å²) >= 11 is 0. The van der Waals surface area contributed by atoms with E-state index < -0.39 is 48.5 Å². The van der Waals surface area contributed by atoms with E-state index in [0.29, 0.717) is 11.4 Å². The summed E-state index contributed by atoms with van der Waals surface area (Å²) in [5.41, 5.74) is 1.33. The Labute approximate surface area is 189 Å². The summed E-state index contributed by atoms with van der Waals surface area (Å²) in [4.78, 5) is 35.1. The van der Waals surface area contributed by atoms with Gasteiger partial charge < -0.3 is 29.4 Å². The molecular weight excluding hydrogens is 436 g/mol. The molecule has 178 valence electrons. The molecular formula is C21H26N4O8. The third kappa shape index (κ3) is 6.05. The molecule has 12 heteroatoms. The summed E-state index contributed by atoms with van der Waals surface area (Å²) in [6.07, 6.45) is -3.16. The molecule has 1 aliphatic rings. The molecule has 1 unspecified atom stereocenters. The van der Waals surface area contributed by atoms with Crippen LogP contribution in [0.15, 0.2) is 30.5 Å². The number of carbonyl (C=O) groups excluding carboxylic acids is 3. The summed E-state index contributed by atoms with van der Waals surface area (Å²) in [5.74, 6) is -1.16. The molecule has 1 aliphatic heterocycles. The molecule has 33 heavy (non-hydrogen) atoms. The van der Waals surface area contributed by atoms with Crippen molar-refractivity contribution in [2.45, 2.75) is 58.0 Å². The van der Waals surface area contributed by atoms with Crippen LogP contribution in [-0.4, -0.2) is 75.7 Å². The number of hydrogen-bond acceptors (Lipinski definition) is 10. The number of benzene rings is 1. The van der Waals surface area contributed by atoms with Crippen LogP contribution in [0.3, 0.4) is 0 Å². The average Bonchev–Trinajstić information content (AvgIpc) is 3.21. The Morgan fingerprint density at radius 2 is 1.85 bits per heavy atom. The zero-order valence-corrected chi connectivity index (χ0v) is 18.6. The predicted molar refractivity (Wildman–Crippen MR) is 112 cm³/mol. The molecule has 1 saturated heterocycles. The van der Waals surface area contributed by atoms with Crippen molar-refractivity contribution in [3.05, 3.63) is 30.5 Å². The Bertz CT molecular complexity index is 1010. The lowest BCUT2D eigenvalue weighted by molar-refractivity contribution is -0.260. The molecule has 2 heterocycles. The zero-order valence-electron chi connectivity index (χ0n) is 18.6. The van der Waals surface area contributed by atoms with Gasteiger partial charge in [0.1, 0.15) is 23.6 Å². The highest BCUT2D eigenvalue weighted by atomic mass is 16.7. The number of methoxy groups -OCH3 is 1. The van der Waals surface area contributed by atoms with Gasteiger partial charge in [-0.15, -0.1) is 5.10 Å². The lowest BCUT2D eigenvalue weighted by atomic mass is 9.95. The molecule has 1 aromatic heterocycles. The Morgan fingerprint density at radius 1 is 1.15 bits per heavy atom. The maximum Gasteiger partial charge on any atom is 0.303 e. The quantitative estimate of drug-likeness (QED) is 0.540. The van der Waals surface area contributed by atoms with Gasteiger partial charge in [0, 0.05) is 26.3 Å². The third-order valence-electron chi connectivity index (χ3n) is 4.91. The first-order valence-electron chi connectivity index (χ1n) is 10.2. The fourth-order valence-corrected chi connectivity index (χ4v) is 3.61. The van der Waals surface area contributed by atoms with E-state index in [9.17, 15) is 19.5 Å². The Balaban J connectivity index is 1.87. The maximum atomic E-state index is 11.8. The molecule has 2 N–H and O–H groups in total. The van der Waals surface area contributed by atoms with Gasteiger partial charge >= 0.3 is 11.9 Å². The van der Waals surface area contributed by atoms with Crippen molar-refractivity contribution in [2.75, 3.05) is 7.11 Å². The second-order valence-corrected chi connectivity index (χ2v) is 7.50. The first kappa shape index (κ1) is 24.1. The highest BCUT2D eigenvalue weighted by Crippen LogP contribution is 2.27. The van der Waals surface area contributed by atoms with Crippen LogP contribution < -0.4 is 10.1 Å². The first-order chi connectivity index (χ1) is 15.7. The minimum Gasteiger partial charge on any atom is -0.497 e. The number of aromatic nitrogens is 3. The van der Waals surface area contributed by atoms with E-state index in [1.54, 1.807) is 25.4 Å². The zero-order chi connectivity index (χ0) is 24.1. The standard InChI is InChI=1S/C21H26N4O8/c1-11(26)22-18-20(32-13(3)28)19(31-12(2)27)17(33-21(18)29)10-25-9-16(23-24-25)14-6-5-7-15(8-14)30-4/h5-9,17-21,29H,10H2,1-4H3,(H,22,26)/t17-,18-,19+,20-,21?/m1/s1. The van der Waals surface area contributed by atoms with Crippen molar-refractivity contribution in [1.82, 2.24) is 20.3 Å². The third-order valence-corrected chi connectivity index (χ3v) is 4.91. The number of amides is 1. The summed E-state index contributed by atoms with van der Waals surface area (Å²) in [6, 6.07) is 6.11. The Hall–Kier alpha value is -3.51. The van der Waals surface area contributed by atoms with E-state index in [4.69, 9.17) is 18.9 Å². The van der Waals surface area contributed by atoms with Crippen molar-refractivity contribution in [3.63, 3.8) is 0 Å². The molecule has 1 aromatic carbocycles. The molecule has 12 nitrogen and oxygen atoms in total. The van der Waals surface area contributed by atoms with Gasteiger partial charge in [-0.2, -0.15) is 0 Å². The summed E-state index contributed by atoms with van der Waals surface area (Å²) in [5, 5.41) is 21.2. The lowest BCUT2D eigenvalue weighted by Gasteiger charge is -2.43. The van der Waals surface area contributed by atoms with E-state index in [-0.39, 0.29) is 6.54 Å². The smallest absolute Gasteiger partial charge is 0.303 e. The largest absolute Gasteiger partial charge is 0.497 e. The minimum atomic E-state index is -1.53. The van der Waals surface area contributed by atoms with Crippen molar-refractivity contribution in [1.29, 1.82) is 0 Å². The van der Waals surface area contributed by atoms with Gasteiger partial charge in [-0.1, -0.05) is 17.3 Å². The maximum absolute atomic E-state index is 11.8. The van der Waals surface area contributed by atoms with Crippen LogP contribution in [0.5, 0.6) is 5.75 Å². The molecule has 2 aromatic rings. The molecule has 0 spiro atoms. The second kappa shape index (κ2) is 10.4. The number of nitrogens with zero attached hydrogens (tertiary/aromatic N) is 3. The molecule has 0 bridgehead atoms. The number of carbonyl (C=O) groups is 3. The van der Waals surface area contributed by atoms with Crippen LogP contribution >= 0.6 is 0 Å². The highest BCUT2D eigenvalue weighted by Gasteiger charge is 2.50. The Morgan fingerprint density at radius 3 is 2.48 bits per heavy atom. The summed E-state index contributed by atoms with van der Waals surface area (Å²) in [7, 11) is 1.56. The SMILES string of the molecule is COc1cccc(-c2cn(C[C@H]3OC(O)[C@H](NC(C)=O)[C@@H](OC(C)=O)[C@H]3OC(C)=O)nn2)c1. The molecule has 1 fully saturated rings. The van der Waals surface area contributed by atoms with E-state index >= 15 is 0 Å². The van der Waals surface area contributed by atoms with Gasteiger partial charge in [-0.05, 0) is 12.1 Å². The van der Waals surface area contributed by atoms with E-state index in [1.165, 1.54) is 25.5 Å². The van der Waals surface area contributed by atoms with Crippen molar-refractivity contribution in [2.24, 2.45) is 0 Å². The molecule has 3 rings (SSSR count). The molecule has 1 amide bonds. The van der Waals surface area contributed by atoms with Crippen LogP contribution in [0.4, 0.5) is 0 Å². The lowest BCUT2D eigenvalue weighted by Crippen LogP contribution is -2.65. The fourth-order valence-electron chi connectivity index (χ4n) is 3.61. The predicted octanol–water partition coefficient (Wildman–Crippen LogP) is 0.0390. The van der Waals surface area contributed by atoms with E-state index in [2.05, 4.69) is 15.6 Å². The van der Waals surface area contributed by atoms with Gasteiger partial charge in [0.05, 0.1) is 19.9 Å². The van der Waals surface area contributed by atoms with Crippen molar-refractivity contribution in [3.8, 4) is 17.0 Å². The number of hydrogen-bond donors (Lipinski definition) is 2. The van der Waals surface area contributed by atoms with Crippen LogP contribution in [0.1, 0.15) is 20.8 Å². The normalized spacial score (nSPS) is 24.6. The highest BCUT2D eigenvalue weighted by molar-refractivity contribution is 5.73. The van der Waals surface area contributed by atoms with Crippen molar-refractivity contribution < 1.29 is 38.4 Å². The monoisotopic (exact) mass is 462 g/mol. The fraction of sp³-hybridized carbons (Fsp3) is 0.476. The van der Waals surface area contributed by atoms with Crippen LogP contribution in [0, 0.1) is 0 Å². The van der Waals surface area contributed by atoms with E-state index in [1.807, 2.05) is 12.1 Å². The van der Waals surface area contributed by atoms with Crippen LogP contribution in [0.25, 0.3) is 11.3 Å². The Kier molecular flexibility index (Phi) is 7.61. The number of nitrogens with one attached hydrogen (secondary N) is 1. The van der Waals surface area contributed by atoms with Crippen molar-refractivity contribution >= 4 is 17.8 Å². The average molecular weight is 462 g/mol. The van der Waals surface area contributed by atoms with E-state index in [0.717, 1.165) is 5.56 Å². The molecule has 0 aliphatic carbocycles. The number of rotatable bonds is 7. The minimum absolute atomic E-state index is 0.0104. The van der Waals surface area contributed by atoms with Crippen LogP contribution in [0.2, 0.25) is 0 Å². The number of aliphatic hydroxyl groups excluding tert-OH is 1. The summed E-state index contributed by atoms with van der Waals surface area (Å²) in [6.45, 7) is 3.61. The van der Waals surface area contributed by atoms with Gasteiger partial charge in [0.2, 0.25) is 5.91 Å². The molecule has 5 atom stereocenters. The van der Waals surface area contributed by atoms with Gasteiger partial charge in [0.15, 0.2) is 18.5 Å². The first-order valence-corrected chi connectivity index (χ1v) is 10.2.